The SMILES string of the molecule is CC/C=C/C/C=C/C/C=C/C/C=C/C/C=C\C/C=C/CCC(=O)OC(CO/C=C\CCCCCCCCCCCCCCC)COP(=O)(O)OCCN. The van der Waals surface area contributed by atoms with Crippen LogP contribution in [0, 0.1) is 0 Å². The zero-order valence-electron chi connectivity index (χ0n) is 33.5. The van der Waals surface area contributed by atoms with Crippen LogP contribution in [0.2, 0.25) is 0 Å². The van der Waals surface area contributed by atoms with E-state index in [9.17, 15) is 14.3 Å². The Morgan fingerprint density at radius 2 is 1.08 bits per heavy atom. The maximum Gasteiger partial charge on any atom is 0.472 e. The van der Waals surface area contributed by atoms with Crippen molar-refractivity contribution in [2.75, 3.05) is 26.4 Å². The smallest absolute Gasteiger partial charge is 0.472 e. The Morgan fingerprint density at radius 3 is 1.57 bits per heavy atom. The van der Waals surface area contributed by atoms with Crippen LogP contribution in [0.15, 0.2) is 85.3 Å². The summed E-state index contributed by atoms with van der Waals surface area (Å²) in [6, 6.07) is 0. The molecule has 0 fully saturated rings. The Morgan fingerprint density at radius 1 is 0.604 bits per heavy atom. The van der Waals surface area contributed by atoms with Gasteiger partial charge < -0.3 is 20.1 Å². The molecule has 0 amide bonds. The average Bonchev–Trinajstić information content (AvgIpc) is 3.15. The minimum Gasteiger partial charge on any atom is -0.498 e. The van der Waals surface area contributed by atoms with Crippen LogP contribution in [-0.2, 0) is 27.9 Å². The van der Waals surface area contributed by atoms with Crippen molar-refractivity contribution >= 4 is 13.8 Å². The van der Waals surface area contributed by atoms with Gasteiger partial charge in [0, 0.05) is 13.0 Å². The second-order valence-corrected chi connectivity index (χ2v) is 14.6. The zero-order valence-corrected chi connectivity index (χ0v) is 34.4. The third kappa shape index (κ3) is 40.5. The molecule has 2 unspecified atom stereocenters. The molecule has 0 aliphatic carbocycles. The highest BCUT2D eigenvalue weighted by Crippen LogP contribution is 2.43. The van der Waals surface area contributed by atoms with Crippen molar-refractivity contribution in [1.29, 1.82) is 0 Å². The molecule has 0 saturated heterocycles. The molecule has 0 spiro atoms. The lowest BCUT2D eigenvalue weighted by Crippen LogP contribution is -2.27. The van der Waals surface area contributed by atoms with Crippen LogP contribution < -0.4 is 5.73 Å². The summed E-state index contributed by atoms with van der Waals surface area (Å²) in [5, 5.41) is 0. The van der Waals surface area contributed by atoms with Crippen LogP contribution in [0.3, 0.4) is 0 Å². The fourth-order valence-electron chi connectivity index (χ4n) is 5.16. The molecule has 8 nitrogen and oxygen atoms in total. The number of rotatable bonds is 38. The normalized spacial score (nSPS) is 14.3. The van der Waals surface area contributed by atoms with Crippen molar-refractivity contribution in [1.82, 2.24) is 0 Å². The summed E-state index contributed by atoms with van der Waals surface area (Å²) in [6.07, 6.45) is 52.8. The van der Waals surface area contributed by atoms with Gasteiger partial charge in [-0.2, -0.15) is 0 Å². The molecule has 53 heavy (non-hydrogen) atoms. The Kier molecular flexibility index (Phi) is 38.8. The van der Waals surface area contributed by atoms with Gasteiger partial charge in [0.15, 0.2) is 6.10 Å². The predicted octanol–water partition coefficient (Wildman–Crippen LogP) is 12.5. The lowest BCUT2D eigenvalue weighted by Gasteiger charge is -2.19. The second-order valence-electron chi connectivity index (χ2n) is 13.2. The molecule has 0 aliphatic heterocycles. The van der Waals surface area contributed by atoms with E-state index in [2.05, 4.69) is 74.6 Å². The van der Waals surface area contributed by atoms with Gasteiger partial charge in [0.05, 0.1) is 19.5 Å². The molecule has 0 aromatic carbocycles. The van der Waals surface area contributed by atoms with Crippen LogP contribution in [-0.4, -0.2) is 43.3 Å². The number of phosphoric ester groups is 1. The fourth-order valence-corrected chi connectivity index (χ4v) is 5.93. The number of esters is 1. The first-order valence-electron chi connectivity index (χ1n) is 20.6. The number of carbonyl (C=O) groups excluding carboxylic acids is 1. The average molecular weight is 762 g/mol. The van der Waals surface area contributed by atoms with E-state index >= 15 is 0 Å². The molecule has 0 bridgehead atoms. The van der Waals surface area contributed by atoms with Gasteiger partial charge in [-0.1, -0.05) is 164 Å². The van der Waals surface area contributed by atoms with Crippen LogP contribution in [0.4, 0.5) is 0 Å². The third-order valence-corrected chi connectivity index (χ3v) is 9.14. The zero-order chi connectivity index (χ0) is 38.8. The van der Waals surface area contributed by atoms with Gasteiger partial charge in [-0.15, -0.1) is 0 Å². The van der Waals surface area contributed by atoms with E-state index < -0.39 is 19.9 Å². The summed E-state index contributed by atoms with van der Waals surface area (Å²) in [6.45, 7) is 4.02. The molecular formula is C44H76NO7P. The fraction of sp³-hybridized carbons (Fsp3) is 0.659. The first kappa shape index (κ1) is 50.5. The number of unbranched alkanes of at least 4 members (excludes halogenated alkanes) is 13. The molecule has 2 atom stereocenters. The predicted molar refractivity (Wildman–Crippen MR) is 224 cm³/mol. The Labute approximate surface area is 324 Å². The van der Waals surface area contributed by atoms with Gasteiger partial charge in [0.1, 0.15) is 6.61 Å². The monoisotopic (exact) mass is 762 g/mol. The van der Waals surface area contributed by atoms with Crippen LogP contribution >= 0.6 is 7.82 Å². The number of hydrogen-bond acceptors (Lipinski definition) is 7. The number of hydrogen-bond donors (Lipinski definition) is 2. The van der Waals surface area contributed by atoms with Crippen molar-refractivity contribution in [3.05, 3.63) is 85.3 Å². The van der Waals surface area contributed by atoms with E-state index in [0.717, 1.165) is 51.4 Å². The highest BCUT2D eigenvalue weighted by atomic mass is 31.2. The lowest BCUT2D eigenvalue weighted by atomic mass is 10.0. The molecule has 0 aliphatic rings. The van der Waals surface area contributed by atoms with E-state index in [1.807, 2.05) is 18.2 Å². The number of nitrogens with two attached hydrogens (primary N) is 1. The van der Waals surface area contributed by atoms with Gasteiger partial charge in [0.25, 0.3) is 0 Å². The van der Waals surface area contributed by atoms with Crippen molar-refractivity contribution < 1.29 is 32.8 Å². The second kappa shape index (κ2) is 40.7. The molecule has 9 heteroatoms. The van der Waals surface area contributed by atoms with E-state index in [0.29, 0.717) is 6.42 Å². The molecule has 0 saturated carbocycles. The van der Waals surface area contributed by atoms with Crippen molar-refractivity contribution in [2.24, 2.45) is 5.73 Å². The Hall–Kier alpha value is -2.48. The molecular weight excluding hydrogens is 685 g/mol. The Bertz CT molecular complexity index is 1080. The molecule has 3 N–H and O–H groups in total. The van der Waals surface area contributed by atoms with Gasteiger partial charge in [0.2, 0.25) is 0 Å². The summed E-state index contributed by atoms with van der Waals surface area (Å²) < 4.78 is 33.0. The number of ether oxygens (including phenoxy) is 2. The van der Waals surface area contributed by atoms with Crippen molar-refractivity contribution in [2.45, 2.75) is 161 Å². The summed E-state index contributed by atoms with van der Waals surface area (Å²) in [4.78, 5) is 22.4. The Balaban J connectivity index is 4.27. The van der Waals surface area contributed by atoms with E-state index in [1.54, 1.807) is 6.26 Å². The highest BCUT2D eigenvalue weighted by Gasteiger charge is 2.25. The van der Waals surface area contributed by atoms with Crippen LogP contribution in [0.1, 0.15) is 155 Å². The summed E-state index contributed by atoms with van der Waals surface area (Å²) in [5.41, 5.74) is 5.35. The largest absolute Gasteiger partial charge is 0.498 e. The maximum atomic E-state index is 12.5. The molecule has 0 aromatic heterocycles. The standard InChI is InChI=1S/C44H76NO7P/c1-3-5-7-9-11-13-15-17-19-20-21-22-23-25-27-29-31-33-35-37-44(46)52-43(42-51-53(47,48)50-40-38-45)41-49-39-36-34-32-30-28-26-24-18-16-14-12-10-8-6-4-2/h5,7,11,13,17,19,21-22,25,27,31,33,36,39,43H,3-4,6,8-10,12,14-16,18,20,23-24,26,28-30,32,34-35,37-38,40-42,45H2,1-2H3,(H,47,48)/b7-5+,13-11+,19-17+,22-21+,27-25-,33-31+,39-36-. The van der Waals surface area contributed by atoms with E-state index in [-0.39, 0.29) is 32.8 Å². The minimum absolute atomic E-state index is 0.00234. The molecule has 0 aromatic rings. The van der Waals surface area contributed by atoms with Gasteiger partial charge in [-0.25, -0.2) is 4.57 Å². The van der Waals surface area contributed by atoms with Gasteiger partial charge in [-0.3, -0.25) is 13.8 Å². The van der Waals surface area contributed by atoms with Gasteiger partial charge in [-0.05, 0) is 63.9 Å². The quantitative estimate of drug-likeness (QED) is 0.0210. The van der Waals surface area contributed by atoms with E-state index in [4.69, 9.17) is 24.3 Å². The third-order valence-electron chi connectivity index (χ3n) is 8.15. The first-order valence-corrected chi connectivity index (χ1v) is 22.1. The topological polar surface area (TPSA) is 117 Å². The van der Waals surface area contributed by atoms with Crippen LogP contribution in [0.5, 0.6) is 0 Å². The number of allylic oxidation sites excluding steroid dienone is 13. The first-order chi connectivity index (χ1) is 25.9. The molecule has 0 heterocycles. The van der Waals surface area contributed by atoms with Crippen molar-refractivity contribution in [3.8, 4) is 0 Å². The summed E-state index contributed by atoms with van der Waals surface area (Å²) in [5.74, 6) is -0.437. The van der Waals surface area contributed by atoms with Gasteiger partial charge >= 0.3 is 13.8 Å². The summed E-state index contributed by atoms with van der Waals surface area (Å²) >= 11 is 0. The lowest BCUT2D eigenvalue weighted by molar-refractivity contribution is -0.153. The summed E-state index contributed by atoms with van der Waals surface area (Å²) in [7, 11) is -4.31. The maximum absolute atomic E-state index is 12.5. The molecule has 0 radical (unpaired) electrons. The number of phosphoric acid groups is 1. The highest BCUT2D eigenvalue weighted by molar-refractivity contribution is 7.47. The van der Waals surface area contributed by atoms with Crippen LogP contribution in [0.25, 0.3) is 0 Å². The molecule has 0 rings (SSSR count). The minimum atomic E-state index is -4.31. The van der Waals surface area contributed by atoms with Crippen molar-refractivity contribution in [3.63, 3.8) is 0 Å². The number of carbonyl (C=O) groups is 1. The van der Waals surface area contributed by atoms with E-state index in [1.165, 1.54) is 77.0 Å². The molecule has 304 valence electrons.